The lowest BCUT2D eigenvalue weighted by Crippen LogP contribution is -2.59. The second-order valence-electron chi connectivity index (χ2n) is 12.9. The van der Waals surface area contributed by atoms with Crippen molar-refractivity contribution in [3.8, 4) is 0 Å². The fraction of sp³-hybridized carbons (Fsp3) is 1.00. The van der Waals surface area contributed by atoms with Gasteiger partial charge in [-0.05, 0) is 105 Å². The number of aliphatic hydroxyl groups excluding tert-OH is 2. The van der Waals surface area contributed by atoms with E-state index in [1.807, 2.05) is 0 Å². The maximum Gasteiger partial charge on any atom is 0.0653 e. The van der Waals surface area contributed by atoms with E-state index >= 15 is 0 Å². The van der Waals surface area contributed by atoms with E-state index in [9.17, 15) is 15.3 Å². The van der Waals surface area contributed by atoms with E-state index in [1.54, 1.807) is 0 Å². The predicted octanol–water partition coefficient (Wildman–Crippen LogP) is 6.09. The maximum absolute atomic E-state index is 11.6. The third-order valence-corrected chi connectivity index (χ3v) is 11.2. The van der Waals surface area contributed by atoms with Gasteiger partial charge < -0.3 is 15.3 Å². The lowest BCUT2D eigenvalue weighted by atomic mass is 9.43. The van der Waals surface area contributed by atoms with Crippen molar-refractivity contribution in [2.75, 3.05) is 0 Å². The Bertz CT molecular complexity index is 617. The Kier molecular flexibility index (Phi) is 6.91. The Morgan fingerprint density at radius 3 is 2.23 bits per heavy atom. The lowest BCUT2D eigenvalue weighted by Gasteiger charge is -2.62. The number of hydrogen-bond acceptors (Lipinski definition) is 3. The average Bonchev–Trinajstić information content (AvgIpc) is 3.08. The molecule has 0 spiro atoms. The van der Waals surface area contributed by atoms with Crippen LogP contribution < -0.4 is 0 Å². The quantitative estimate of drug-likeness (QED) is 0.425. The van der Waals surface area contributed by atoms with Crippen LogP contribution in [-0.4, -0.2) is 33.1 Å². The number of unbranched alkanes of at least 4 members (excludes halogenated alkanes) is 4. The molecule has 0 heterocycles. The number of rotatable bonds is 7. The van der Waals surface area contributed by atoms with Crippen molar-refractivity contribution >= 4 is 0 Å². The zero-order valence-electron chi connectivity index (χ0n) is 20.8. The van der Waals surface area contributed by atoms with Gasteiger partial charge in [-0.3, -0.25) is 0 Å². The fourth-order valence-electron chi connectivity index (χ4n) is 9.56. The molecule has 0 saturated heterocycles. The molecule has 0 bridgehead atoms. The molecule has 4 rings (SSSR count). The van der Waals surface area contributed by atoms with E-state index in [0.29, 0.717) is 23.7 Å². The molecule has 3 heteroatoms. The first-order chi connectivity index (χ1) is 14.6. The van der Waals surface area contributed by atoms with Gasteiger partial charge in [-0.25, -0.2) is 0 Å². The molecule has 0 radical (unpaired) electrons. The van der Waals surface area contributed by atoms with E-state index in [4.69, 9.17) is 0 Å². The lowest BCUT2D eigenvalue weighted by molar-refractivity contribution is -0.179. The van der Waals surface area contributed by atoms with E-state index in [-0.39, 0.29) is 29.0 Å². The van der Waals surface area contributed by atoms with Crippen LogP contribution in [0, 0.1) is 40.4 Å². The van der Waals surface area contributed by atoms with Gasteiger partial charge in [-0.1, -0.05) is 52.9 Å². The third kappa shape index (κ3) is 4.14. The molecule has 0 aliphatic heterocycles. The predicted molar refractivity (Wildman–Crippen MR) is 127 cm³/mol. The zero-order valence-corrected chi connectivity index (χ0v) is 20.8. The van der Waals surface area contributed by atoms with Gasteiger partial charge in [0, 0.05) is 0 Å². The van der Waals surface area contributed by atoms with Gasteiger partial charge in [0.15, 0.2) is 0 Å². The van der Waals surface area contributed by atoms with Crippen LogP contribution in [0.4, 0.5) is 0 Å². The third-order valence-electron chi connectivity index (χ3n) is 11.2. The minimum absolute atomic E-state index is 0.183. The molecule has 4 fully saturated rings. The SMILES string of the molecule is CCCCCCC[C@](C)(O)[C@H]1CC[C@H]2[C@@H]3C[C@H](O)[C@H]4C[C@@H](O)CC[C@]4(C)[C@H]3CC[C@@]21C. The molecule has 0 amide bonds. The van der Waals surface area contributed by atoms with E-state index in [2.05, 4.69) is 27.7 Å². The first-order valence-corrected chi connectivity index (χ1v) is 13.7. The maximum atomic E-state index is 11.6. The molecule has 0 unspecified atom stereocenters. The van der Waals surface area contributed by atoms with Crippen LogP contribution in [-0.2, 0) is 0 Å². The summed E-state index contributed by atoms with van der Waals surface area (Å²) in [5, 5.41) is 33.1. The second kappa shape index (κ2) is 8.91. The molecule has 3 nitrogen and oxygen atoms in total. The van der Waals surface area contributed by atoms with Gasteiger partial charge in [-0.15, -0.1) is 0 Å². The van der Waals surface area contributed by atoms with Gasteiger partial charge in [0.1, 0.15) is 0 Å². The first kappa shape index (κ1) is 24.0. The Morgan fingerprint density at radius 2 is 1.48 bits per heavy atom. The smallest absolute Gasteiger partial charge is 0.0653 e. The van der Waals surface area contributed by atoms with Crippen LogP contribution in [0.1, 0.15) is 118 Å². The summed E-state index contributed by atoms with van der Waals surface area (Å²) in [6.07, 6.45) is 15.3. The Hall–Kier alpha value is -0.120. The summed E-state index contributed by atoms with van der Waals surface area (Å²) in [6.45, 7) is 9.31. The minimum atomic E-state index is -0.558. The molecule has 4 saturated carbocycles. The molecule has 0 aromatic carbocycles. The highest BCUT2D eigenvalue weighted by Crippen LogP contribution is 2.68. The van der Waals surface area contributed by atoms with Crippen LogP contribution in [0.2, 0.25) is 0 Å². The summed E-state index contributed by atoms with van der Waals surface area (Å²) in [5.74, 6) is 2.58. The van der Waals surface area contributed by atoms with Crippen molar-refractivity contribution in [2.45, 2.75) is 135 Å². The van der Waals surface area contributed by atoms with Crippen molar-refractivity contribution in [2.24, 2.45) is 40.4 Å². The second-order valence-corrected chi connectivity index (χ2v) is 12.9. The van der Waals surface area contributed by atoms with Crippen LogP contribution in [0.25, 0.3) is 0 Å². The molecule has 3 N–H and O–H groups in total. The number of hydrogen-bond donors (Lipinski definition) is 3. The number of aliphatic hydroxyl groups is 3. The summed E-state index contributed by atoms with van der Waals surface area (Å²) in [5.41, 5.74) is -0.162. The molecule has 31 heavy (non-hydrogen) atoms. The van der Waals surface area contributed by atoms with Gasteiger partial charge in [0.2, 0.25) is 0 Å². The summed E-state index contributed by atoms with van der Waals surface area (Å²) < 4.78 is 0. The molecule has 180 valence electrons. The highest BCUT2D eigenvalue weighted by atomic mass is 16.3. The molecule has 4 aliphatic carbocycles. The van der Waals surface area contributed by atoms with Gasteiger partial charge in [-0.2, -0.15) is 0 Å². The molecule has 4 aliphatic rings. The van der Waals surface area contributed by atoms with Crippen LogP contribution in [0.3, 0.4) is 0 Å². The van der Waals surface area contributed by atoms with Crippen LogP contribution in [0.5, 0.6) is 0 Å². The standard InChI is InChI=1S/C28H50O3/c1-5-6-7-8-9-14-28(4,31)25-11-10-21-20-18-24(30)23-17-19(29)12-15-26(23,2)22(20)13-16-27(21,25)3/h19-25,29-31H,5-18H2,1-4H3/t19-,20-,21-,22-,23+,24-,25-,26+,27-,28-/m0/s1. The first-order valence-electron chi connectivity index (χ1n) is 13.7. The van der Waals surface area contributed by atoms with E-state index in [1.165, 1.54) is 44.9 Å². The van der Waals surface area contributed by atoms with Crippen molar-refractivity contribution in [3.63, 3.8) is 0 Å². The Labute approximate surface area is 191 Å². The Morgan fingerprint density at radius 1 is 0.806 bits per heavy atom. The zero-order chi connectivity index (χ0) is 22.4. The monoisotopic (exact) mass is 434 g/mol. The van der Waals surface area contributed by atoms with Crippen LogP contribution >= 0.6 is 0 Å². The average molecular weight is 435 g/mol. The van der Waals surface area contributed by atoms with Crippen molar-refractivity contribution in [3.05, 3.63) is 0 Å². The topological polar surface area (TPSA) is 60.7 Å². The highest BCUT2D eigenvalue weighted by molar-refractivity contribution is 5.13. The molecule has 0 aromatic heterocycles. The van der Waals surface area contributed by atoms with Gasteiger partial charge in [0.05, 0.1) is 17.8 Å². The molecule has 10 atom stereocenters. The minimum Gasteiger partial charge on any atom is -0.393 e. The van der Waals surface area contributed by atoms with E-state index < -0.39 is 5.60 Å². The molecular formula is C28H50O3. The summed E-state index contributed by atoms with van der Waals surface area (Å²) in [4.78, 5) is 0. The van der Waals surface area contributed by atoms with Gasteiger partial charge >= 0.3 is 0 Å². The summed E-state index contributed by atoms with van der Waals surface area (Å²) in [6, 6.07) is 0. The van der Waals surface area contributed by atoms with Crippen LogP contribution in [0.15, 0.2) is 0 Å². The van der Waals surface area contributed by atoms with Gasteiger partial charge in [0.25, 0.3) is 0 Å². The summed E-state index contributed by atoms with van der Waals surface area (Å²) >= 11 is 0. The summed E-state index contributed by atoms with van der Waals surface area (Å²) in [7, 11) is 0. The molecule has 0 aromatic rings. The van der Waals surface area contributed by atoms with Crippen molar-refractivity contribution in [1.29, 1.82) is 0 Å². The largest absolute Gasteiger partial charge is 0.393 e. The Balaban J connectivity index is 1.48. The molecular weight excluding hydrogens is 384 g/mol. The number of fused-ring (bicyclic) bond motifs is 5. The van der Waals surface area contributed by atoms with E-state index in [0.717, 1.165) is 44.9 Å². The normalized spacial score (nSPS) is 49.1. The highest BCUT2D eigenvalue weighted by Gasteiger charge is 2.63. The van der Waals surface area contributed by atoms with Crippen molar-refractivity contribution < 1.29 is 15.3 Å². The van der Waals surface area contributed by atoms with Crippen molar-refractivity contribution in [1.82, 2.24) is 0 Å². The fourth-order valence-corrected chi connectivity index (χ4v) is 9.56.